The number of aromatic hydroxyl groups is 1. The summed E-state index contributed by atoms with van der Waals surface area (Å²) in [6, 6.07) is 10.7. The number of fused-ring (bicyclic) bond motifs is 1. The van der Waals surface area contributed by atoms with Gasteiger partial charge in [-0.15, -0.1) is 0 Å². The van der Waals surface area contributed by atoms with Crippen LogP contribution in [0, 0.1) is 0 Å². The van der Waals surface area contributed by atoms with E-state index in [9.17, 15) is 9.90 Å². The molecule has 21 heavy (non-hydrogen) atoms. The number of carbonyl (C=O) groups is 1. The molecule has 1 aliphatic rings. The average molecular weight is 285 g/mol. The molecule has 1 N–H and O–H groups in total. The SMILES string of the molecule is CCN(C=O)c1ccccc1-c1cc2c(cc1O)OCO2. The third kappa shape index (κ3) is 2.27. The molecule has 5 nitrogen and oxygen atoms in total. The first-order valence-electron chi connectivity index (χ1n) is 6.68. The summed E-state index contributed by atoms with van der Waals surface area (Å²) in [4.78, 5) is 12.8. The Labute approximate surface area is 122 Å². The number of para-hydroxylation sites is 1. The summed E-state index contributed by atoms with van der Waals surface area (Å²) >= 11 is 0. The standard InChI is InChI=1S/C16H15NO4/c1-2-17(9-18)13-6-4-3-5-11(13)12-7-15-16(8-14(12)19)21-10-20-15/h3-9,19H,2,10H2,1H3. The number of carbonyl (C=O) groups excluding carboxylic acids is 1. The molecular formula is C16H15NO4. The van der Waals surface area contributed by atoms with Gasteiger partial charge in [-0.3, -0.25) is 4.79 Å². The van der Waals surface area contributed by atoms with E-state index >= 15 is 0 Å². The van der Waals surface area contributed by atoms with Crippen molar-refractivity contribution in [2.75, 3.05) is 18.2 Å². The van der Waals surface area contributed by atoms with Crippen molar-refractivity contribution in [3.8, 4) is 28.4 Å². The highest BCUT2D eigenvalue weighted by Gasteiger charge is 2.20. The fourth-order valence-electron chi connectivity index (χ4n) is 2.40. The molecule has 0 saturated heterocycles. The van der Waals surface area contributed by atoms with Crippen LogP contribution >= 0.6 is 0 Å². The number of amides is 1. The molecule has 1 heterocycles. The molecule has 2 aromatic carbocycles. The molecule has 0 unspecified atom stereocenters. The Kier molecular flexibility index (Phi) is 3.39. The lowest BCUT2D eigenvalue weighted by Crippen LogP contribution is -2.20. The van der Waals surface area contributed by atoms with Gasteiger partial charge in [0.25, 0.3) is 0 Å². The van der Waals surface area contributed by atoms with Gasteiger partial charge in [-0.1, -0.05) is 18.2 Å². The van der Waals surface area contributed by atoms with E-state index in [-0.39, 0.29) is 12.5 Å². The molecule has 0 aromatic heterocycles. The van der Waals surface area contributed by atoms with Gasteiger partial charge < -0.3 is 19.5 Å². The van der Waals surface area contributed by atoms with Crippen LogP contribution in [0.2, 0.25) is 0 Å². The van der Waals surface area contributed by atoms with Gasteiger partial charge in [0.1, 0.15) is 5.75 Å². The summed E-state index contributed by atoms with van der Waals surface area (Å²) in [6.07, 6.45) is 0.781. The summed E-state index contributed by atoms with van der Waals surface area (Å²) in [6.45, 7) is 2.59. The number of hydrogen-bond donors (Lipinski definition) is 1. The Bertz CT molecular complexity index is 684. The van der Waals surface area contributed by atoms with Crippen molar-refractivity contribution in [2.45, 2.75) is 6.92 Å². The number of benzene rings is 2. The van der Waals surface area contributed by atoms with Crippen LogP contribution in [0.4, 0.5) is 5.69 Å². The van der Waals surface area contributed by atoms with Crippen LogP contribution < -0.4 is 14.4 Å². The molecule has 5 heteroatoms. The first-order valence-corrected chi connectivity index (χ1v) is 6.68. The second-order valence-corrected chi connectivity index (χ2v) is 4.63. The molecule has 0 atom stereocenters. The van der Waals surface area contributed by atoms with Gasteiger partial charge in [-0.25, -0.2) is 0 Å². The minimum atomic E-state index is 0.0913. The van der Waals surface area contributed by atoms with E-state index in [1.54, 1.807) is 11.0 Å². The predicted molar refractivity (Wildman–Crippen MR) is 78.7 cm³/mol. The first-order chi connectivity index (χ1) is 10.2. The number of rotatable bonds is 4. The number of ether oxygens (including phenoxy) is 2. The summed E-state index contributed by atoms with van der Waals surface area (Å²) in [5.74, 6) is 1.21. The number of hydrogen-bond acceptors (Lipinski definition) is 4. The lowest BCUT2D eigenvalue weighted by molar-refractivity contribution is -0.107. The van der Waals surface area contributed by atoms with E-state index in [1.165, 1.54) is 6.07 Å². The quantitative estimate of drug-likeness (QED) is 0.878. The van der Waals surface area contributed by atoms with Crippen LogP contribution in [0.1, 0.15) is 6.92 Å². The van der Waals surface area contributed by atoms with Gasteiger partial charge in [-0.2, -0.15) is 0 Å². The number of phenolic OH excluding ortho intramolecular Hbond substituents is 1. The topological polar surface area (TPSA) is 59.0 Å². The minimum absolute atomic E-state index is 0.0913. The van der Waals surface area contributed by atoms with Gasteiger partial charge in [0.05, 0.1) is 5.69 Å². The monoisotopic (exact) mass is 285 g/mol. The van der Waals surface area contributed by atoms with Crippen molar-refractivity contribution in [1.29, 1.82) is 0 Å². The normalized spacial score (nSPS) is 12.2. The average Bonchev–Trinajstić information content (AvgIpc) is 2.95. The zero-order valence-corrected chi connectivity index (χ0v) is 11.6. The molecule has 108 valence electrons. The minimum Gasteiger partial charge on any atom is -0.507 e. The Morgan fingerprint density at radius 2 is 1.90 bits per heavy atom. The van der Waals surface area contributed by atoms with Crippen LogP contribution in [0.5, 0.6) is 17.2 Å². The molecular weight excluding hydrogens is 270 g/mol. The lowest BCUT2D eigenvalue weighted by Gasteiger charge is -2.19. The van der Waals surface area contributed by atoms with Crippen molar-refractivity contribution in [1.82, 2.24) is 0 Å². The van der Waals surface area contributed by atoms with Gasteiger partial charge in [0.2, 0.25) is 13.2 Å². The van der Waals surface area contributed by atoms with E-state index in [2.05, 4.69) is 0 Å². The third-order valence-corrected chi connectivity index (χ3v) is 3.46. The number of anilines is 1. The van der Waals surface area contributed by atoms with Crippen molar-refractivity contribution in [3.63, 3.8) is 0 Å². The molecule has 0 aliphatic carbocycles. The molecule has 0 radical (unpaired) electrons. The summed E-state index contributed by atoms with van der Waals surface area (Å²) in [5, 5.41) is 10.2. The molecule has 2 aromatic rings. The van der Waals surface area contributed by atoms with Gasteiger partial charge in [0.15, 0.2) is 11.5 Å². The highest BCUT2D eigenvalue weighted by Crippen LogP contribution is 2.44. The van der Waals surface area contributed by atoms with Crippen LogP contribution in [0.25, 0.3) is 11.1 Å². The molecule has 0 fully saturated rings. The summed E-state index contributed by atoms with van der Waals surface area (Å²) in [5.41, 5.74) is 2.11. The third-order valence-electron chi connectivity index (χ3n) is 3.46. The molecule has 1 aliphatic heterocycles. The molecule has 1 amide bonds. The van der Waals surface area contributed by atoms with Crippen molar-refractivity contribution in [3.05, 3.63) is 36.4 Å². The van der Waals surface area contributed by atoms with Gasteiger partial charge in [-0.05, 0) is 19.1 Å². The zero-order chi connectivity index (χ0) is 14.8. The Morgan fingerprint density at radius 1 is 1.19 bits per heavy atom. The summed E-state index contributed by atoms with van der Waals surface area (Å²) in [7, 11) is 0. The van der Waals surface area contributed by atoms with E-state index in [0.29, 0.717) is 23.6 Å². The maximum Gasteiger partial charge on any atom is 0.231 e. The second kappa shape index (κ2) is 5.36. The number of phenols is 1. The van der Waals surface area contributed by atoms with Crippen LogP contribution in [0.3, 0.4) is 0 Å². The molecule has 0 spiro atoms. The molecule has 0 saturated carbocycles. The van der Waals surface area contributed by atoms with Crippen molar-refractivity contribution < 1.29 is 19.4 Å². The fourth-order valence-corrected chi connectivity index (χ4v) is 2.40. The van der Waals surface area contributed by atoms with E-state index in [0.717, 1.165) is 17.7 Å². The fraction of sp³-hybridized carbons (Fsp3) is 0.188. The second-order valence-electron chi connectivity index (χ2n) is 4.63. The van der Waals surface area contributed by atoms with Crippen LogP contribution in [0.15, 0.2) is 36.4 Å². The van der Waals surface area contributed by atoms with Crippen LogP contribution in [-0.4, -0.2) is 24.9 Å². The van der Waals surface area contributed by atoms with E-state index in [1.807, 2.05) is 31.2 Å². The first kappa shape index (κ1) is 13.3. The highest BCUT2D eigenvalue weighted by molar-refractivity contribution is 5.89. The Balaban J connectivity index is 2.15. The molecule has 0 bridgehead atoms. The molecule has 3 rings (SSSR count). The Hall–Kier alpha value is -2.69. The van der Waals surface area contributed by atoms with Crippen LogP contribution in [-0.2, 0) is 4.79 Å². The smallest absolute Gasteiger partial charge is 0.231 e. The van der Waals surface area contributed by atoms with Gasteiger partial charge >= 0.3 is 0 Å². The van der Waals surface area contributed by atoms with Crippen molar-refractivity contribution in [2.24, 2.45) is 0 Å². The largest absolute Gasteiger partial charge is 0.507 e. The van der Waals surface area contributed by atoms with Crippen molar-refractivity contribution >= 4 is 12.1 Å². The van der Waals surface area contributed by atoms with E-state index < -0.39 is 0 Å². The predicted octanol–water partition coefficient (Wildman–Crippen LogP) is 2.77. The summed E-state index contributed by atoms with van der Waals surface area (Å²) < 4.78 is 10.6. The maximum atomic E-state index is 11.2. The Morgan fingerprint density at radius 3 is 2.62 bits per heavy atom. The number of nitrogens with zero attached hydrogens (tertiary/aromatic N) is 1. The maximum absolute atomic E-state index is 11.2. The highest BCUT2D eigenvalue weighted by atomic mass is 16.7. The van der Waals surface area contributed by atoms with Gasteiger partial charge in [0, 0.05) is 23.7 Å². The lowest BCUT2D eigenvalue weighted by atomic mass is 10.0. The van der Waals surface area contributed by atoms with E-state index in [4.69, 9.17) is 9.47 Å². The zero-order valence-electron chi connectivity index (χ0n) is 11.6.